The maximum Gasteiger partial charge on any atom is 0.419 e. The minimum atomic E-state index is -4.78. The van der Waals surface area contributed by atoms with E-state index in [0.717, 1.165) is 63.5 Å². The molecule has 214 valence electrons. The molecule has 2 N–H and O–H groups in total. The predicted molar refractivity (Wildman–Crippen MR) is 141 cm³/mol. The van der Waals surface area contributed by atoms with E-state index in [-0.39, 0.29) is 36.1 Å². The number of halogens is 4. The van der Waals surface area contributed by atoms with E-state index in [0.29, 0.717) is 18.1 Å². The number of carbonyl (C=O) groups excluding carboxylic acids is 1. The van der Waals surface area contributed by atoms with Gasteiger partial charge in [0.05, 0.1) is 17.6 Å². The Kier molecular flexibility index (Phi) is 7.34. The van der Waals surface area contributed by atoms with E-state index in [4.69, 9.17) is 4.98 Å². The highest BCUT2D eigenvalue weighted by Crippen LogP contribution is 2.36. The molecule has 2 atom stereocenters. The molecule has 2 saturated heterocycles. The molecule has 2 aromatic rings. The highest BCUT2D eigenvalue weighted by Gasteiger charge is 2.39. The Balaban J connectivity index is 1.22. The molecule has 13 heteroatoms. The van der Waals surface area contributed by atoms with Gasteiger partial charge in [0.2, 0.25) is 5.91 Å². The normalized spacial score (nSPS) is 24.5. The van der Waals surface area contributed by atoms with Crippen molar-refractivity contribution >= 4 is 18.1 Å². The number of hydrogen-bond donors (Lipinski definition) is 2. The van der Waals surface area contributed by atoms with Crippen molar-refractivity contribution in [3.63, 3.8) is 0 Å². The standard InChI is InChI=1S/C27H32F4N8O/c28-20-4-3-18(13-19(20)27(29,30)31)21-15-39(12-11-37-7-1-2-8-37)25(35-21)17-5-9-38(10-6-17)26-23-24(33-16-34-26)32-14-22(40)36-23/h3-4,13,15-17,23,26H,1-2,5-12,14H2,(H,36,40)(H,32,33,34). The molecule has 1 aromatic heterocycles. The third kappa shape index (κ3) is 5.49. The minimum absolute atomic E-state index is 0.0996. The highest BCUT2D eigenvalue weighted by atomic mass is 19.4. The number of aromatic nitrogens is 2. The summed E-state index contributed by atoms with van der Waals surface area (Å²) < 4.78 is 56.3. The summed E-state index contributed by atoms with van der Waals surface area (Å²) >= 11 is 0. The molecule has 5 heterocycles. The Morgan fingerprint density at radius 1 is 1.05 bits per heavy atom. The van der Waals surface area contributed by atoms with Crippen LogP contribution in [0.2, 0.25) is 0 Å². The number of rotatable bonds is 6. The van der Waals surface area contributed by atoms with E-state index in [2.05, 4.69) is 35.0 Å². The topological polar surface area (TPSA) is 90.1 Å². The number of aliphatic imine (C=N–C) groups is 2. The molecule has 1 aromatic carbocycles. The van der Waals surface area contributed by atoms with Gasteiger partial charge < -0.3 is 20.1 Å². The molecular weight excluding hydrogens is 528 g/mol. The minimum Gasteiger partial charge on any atom is -0.341 e. The lowest BCUT2D eigenvalue weighted by Crippen LogP contribution is -2.63. The average Bonchev–Trinajstić information content (AvgIpc) is 3.62. The van der Waals surface area contributed by atoms with Crippen LogP contribution in [0.15, 0.2) is 34.4 Å². The second-order valence-corrected chi connectivity index (χ2v) is 10.8. The van der Waals surface area contributed by atoms with Crippen molar-refractivity contribution in [2.75, 3.05) is 39.3 Å². The van der Waals surface area contributed by atoms with Gasteiger partial charge in [-0.25, -0.2) is 9.37 Å². The van der Waals surface area contributed by atoms with Crippen LogP contribution in [0.1, 0.15) is 43.0 Å². The number of amidine groups is 1. The molecule has 0 radical (unpaired) electrons. The maximum atomic E-state index is 14.0. The molecule has 0 spiro atoms. The summed E-state index contributed by atoms with van der Waals surface area (Å²) in [7, 11) is 0. The van der Waals surface area contributed by atoms with Gasteiger partial charge in [-0.05, 0) is 57.0 Å². The Labute approximate surface area is 229 Å². The van der Waals surface area contributed by atoms with E-state index < -0.39 is 17.6 Å². The Morgan fingerprint density at radius 2 is 1.82 bits per heavy atom. The molecule has 0 bridgehead atoms. The fourth-order valence-electron chi connectivity index (χ4n) is 6.12. The molecule has 2 unspecified atom stereocenters. The summed E-state index contributed by atoms with van der Waals surface area (Å²) in [6.07, 6.45) is 2.30. The number of fused-ring (bicyclic) bond motifs is 1. The van der Waals surface area contributed by atoms with Gasteiger partial charge >= 0.3 is 6.18 Å². The molecule has 0 aliphatic carbocycles. The molecule has 4 aliphatic heterocycles. The zero-order chi connectivity index (χ0) is 27.9. The summed E-state index contributed by atoms with van der Waals surface area (Å²) in [5.41, 5.74) is -0.624. The quantitative estimate of drug-likeness (QED) is 0.531. The van der Waals surface area contributed by atoms with Gasteiger partial charge in [-0.15, -0.1) is 0 Å². The average molecular weight is 561 g/mol. The van der Waals surface area contributed by atoms with Crippen LogP contribution in [-0.2, 0) is 17.5 Å². The largest absolute Gasteiger partial charge is 0.419 e. The predicted octanol–water partition coefficient (Wildman–Crippen LogP) is 2.84. The van der Waals surface area contributed by atoms with Crippen LogP contribution in [0.4, 0.5) is 17.6 Å². The van der Waals surface area contributed by atoms with Gasteiger partial charge in [-0.3, -0.25) is 19.7 Å². The van der Waals surface area contributed by atoms with Gasteiger partial charge in [-0.2, -0.15) is 13.2 Å². The van der Waals surface area contributed by atoms with Crippen LogP contribution >= 0.6 is 0 Å². The number of imidazole rings is 1. The summed E-state index contributed by atoms with van der Waals surface area (Å²) in [6.45, 7) is 5.14. The fourth-order valence-corrected chi connectivity index (χ4v) is 6.12. The number of carbonyl (C=O) groups is 1. The third-order valence-corrected chi connectivity index (χ3v) is 8.24. The van der Waals surface area contributed by atoms with Gasteiger partial charge in [0.25, 0.3) is 0 Å². The first kappa shape index (κ1) is 26.9. The van der Waals surface area contributed by atoms with Crippen molar-refractivity contribution in [3.05, 3.63) is 41.6 Å². The van der Waals surface area contributed by atoms with Crippen LogP contribution in [0.3, 0.4) is 0 Å². The van der Waals surface area contributed by atoms with E-state index in [1.165, 1.54) is 18.9 Å². The first-order valence-electron chi connectivity index (χ1n) is 13.8. The number of nitrogens with one attached hydrogen (secondary N) is 2. The van der Waals surface area contributed by atoms with Crippen LogP contribution < -0.4 is 10.6 Å². The molecule has 9 nitrogen and oxygen atoms in total. The zero-order valence-electron chi connectivity index (χ0n) is 22.0. The molecule has 6 rings (SSSR count). The van der Waals surface area contributed by atoms with E-state index in [1.807, 2.05) is 6.20 Å². The van der Waals surface area contributed by atoms with Crippen LogP contribution in [0.5, 0.6) is 0 Å². The van der Waals surface area contributed by atoms with Gasteiger partial charge in [-0.1, -0.05) is 0 Å². The van der Waals surface area contributed by atoms with Crippen molar-refractivity contribution in [2.24, 2.45) is 9.98 Å². The van der Waals surface area contributed by atoms with Gasteiger partial charge in [0, 0.05) is 43.9 Å². The van der Waals surface area contributed by atoms with E-state index in [1.54, 1.807) is 6.34 Å². The number of piperidine rings is 1. The molecule has 0 saturated carbocycles. The summed E-state index contributed by atoms with van der Waals surface area (Å²) in [4.78, 5) is 30.3. The molecule has 2 fully saturated rings. The number of hydrogen-bond acceptors (Lipinski definition) is 7. The highest BCUT2D eigenvalue weighted by molar-refractivity contribution is 6.03. The van der Waals surface area contributed by atoms with Crippen LogP contribution in [0.25, 0.3) is 11.3 Å². The van der Waals surface area contributed by atoms with Gasteiger partial charge in [0.1, 0.15) is 36.2 Å². The van der Waals surface area contributed by atoms with Crippen molar-refractivity contribution in [1.29, 1.82) is 0 Å². The Hall–Kier alpha value is -3.32. The maximum absolute atomic E-state index is 14.0. The molecule has 1 amide bonds. The number of amides is 1. The second-order valence-electron chi connectivity index (χ2n) is 10.8. The van der Waals surface area contributed by atoms with Crippen LogP contribution in [0, 0.1) is 5.82 Å². The lowest BCUT2D eigenvalue weighted by molar-refractivity contribution is -0.140. The van der Waals surface area contributed by atoms with E-state index >= 15 is 0 Å². The fraction of sp³-hybridized carbons (Fsp3) is 0.556. The molecular formula is C27H32F4N8O. The Morgan fingerprint density at radius 3 is 2.58 bits per heavy atom. The lowest BCUT2D eigenvalue weighted by atomic mass is 9.94. The number of nitrogens with zero attached hydrogens (tertiary/aromatic N) is 6. The first-order chi connectivity index (χ1) is 19.3. The summed E-state index contributed by atoms with van der Waals surface area (Å²) in [5.74, 6) is 0.232. The monoisotopic (exact) mass is 560 g/mol. The SMILES string of the molecule is O=C1CN=C2NC=NC(N3CCC(c4nc(-c5ccc(F)c(C(F)(F)F)c5)cn4CCN4CCCC4)CC3)C2N1. The summed E-state index contributed by atoms with van der Waals surface area (Å²) in [6, 6.07) is 2.75. The first-order valence-corrected chi connectivity index (χ1v) is 13.8. The summed E-state index contributed by atoms with van der Waals surface area (Å²) in [5, 5.41) is 6.02. The molecule has 4 aliphatic rings. The zero-order valence-corrected chi connectivity index (χ0v) is 22.0. The smallest absolute Gasteiger partial charge is 0.341 e. The number of alkyl halides is 3. The lowest BCUT2D eigenvalue weighted by Gasteiger charge is -2.41. The van der Waals surface area contributed by atoms with Crippen molar-refractivity contribution in [3.8, 4) is 11.3 Å². The third-order valence-electron chi connectivity index (χ3n) is 8.24. The number of benzene rings is 1. The van der Waals surface area contributed by atoms with Crippen molar-refractivity contribution < 1.29 is 22.4 Å². The number of likely N-dealkylation sites (tertiary alicyclic amines) is 2. The van der Waals surface area contributed by atoms with Gasteiger partial charge in [0.15, 0.2) is 0 Å². The molecule has 40 heavy (non-hydrogen) atoms. The van der Waals surface area contributed by atoms with Crippen molar-refractivity contribution in [2.45, 2.75) is 56.5 Å². The van der Waals surface area contributed by atoms with E-state index in [9.17, 15) is 22.4 Å². The second kappa shape index (κ2) is 10.9. The van der Waals surface area contributed by atoms with Crippen LogP contribution in [-0.4, -0.2) is 88.9 Å². The Bertz CT molecular complexity index is 1310. The van der Waals surface area contributed by atoms with Crippen molar-refractivity contribution in [1.82, 2.24) is 30.0 Å².